The summed E-state index contributed by atoms with van der Waals surface area (Å²) in [5, 5.41) is 12.1. The highest BCUT2D eigenvalue weighted by Gasteiger charge is 2.22. The number of piperidine rings is 1. The van der Waals surface area contributed by atoms with Gasteiger partial charge in [0.15, 0.2) is 0 Å². The summed E-state index contributed by atoms with van der Waals surface area (Å²) in [5.41, 5.74) is 11.6. The molecule has 1 saturated heterocycles. The molecule has 3 aromatic heterocycles. The molecule has 32 heavy (non-hydrogen) atoms. The average molecular weight is 428 g/mol. The van der Waals surface area contributed by atoms with E-state index >= 15 is 0 Å². The van der Waals surface area contributed by atoms with Gasteiger partial charge in [0, 0.05) is 54.7 Å². The predicted molar refractivity (Wildman–Crippen MR) is 123 cm³/mol. The van der Waals surface area contributed by atoms with Crippen molar-refractivity contribution in [3.05, 3.63) is 61.1 Å². The van der Waals surface area contributed by atoms with Gasteiger partial charge in [-0.05, 0) is 25.0 Å². The summed E-state index contributed by atoms with van der Waals surface area (Å²) >= 11 is 0. The van der Waals surface area contributed by atoms with Gasteiger partial charge in [-0.2, -0.15) is 10.2 Å². The average Bonchev–Trinajstić information content (AvgIpc) is 3.51. The first-order valence-corrected chi connectivity index (χ1v) is 10.8. The molecule has 4 aromatic rings. The van der Waals surface area contributed by atoms with Gasteiger partial charge >= 0.3 is 0 Å². The minimum absolute atomic E-state index is 0.138. The van der Waals surface area contributed by atoms with Crippen LogP contribution < -0.4 is 5.73 Å². The first-order chi connectivity index (χ1) is 15.6. The molecule has 1 aliphatic rings. The molecule has 3 N–H and O–H groups in total. The third-order valence-corrected chi connectivity index (χ3v) is 6.07. The summed E-state index contributed by atoms with van der Waals surface area (Å²) in [4.78, 5) is 17.9. The number of H-pyrrole nitrogens is 1. The van der Waals surface area contributed by atoms with E-state index in [1.54, 1.807) is 13.1 Å². The van der Waals surface area contributed by atoms with E-state index in [1.807, 2.05) is 64.4 Å². The number of amides is 1. The van der Waals surface area contributed by atoms with Crippen LogP contribution in [-0.2, 0) is 4.79 Å². The van der Waals surface area contributed by atoms with Gasteiger partial charge in [-0.25, -0.2) is 4.98 Å². The van der Waals surface area contributed by atoms with E-state index in [4.69, 9.17) is 5.73 Å². The second-order valence-electron chi connectivity index (χ2n) is 8.14. The molecule has 1 aromatic carbocycles. The number of aromatic nitrogens is 5. The van der Waals surface area contributed by atoms with Gasteiger partial charge < -0.3 is 10.6 Å². The summed E-state index contributed by atoms with van der Waals surface area (Å²) < 4.78 is 2.01. The van der Waals surface area contributed by atoms with Crippen LogP contribution in [0.1, 0.15) is 25.8 Å². The quantitative estimate of drug-likeness (QED) is 0.516. The van der Waals surface area contributed by atoms with Gasteiger partial charge in [-0.3, -0.25) is 14.6 Å². The SMILES string of the molecule is CC(=O)N1CCC(n2cc(-c3cnc(N)c(-c4cc(-c5ccccc5)n[nH]4)c3)cn2)CC1. The summed E-state index contributed by atoms with van der Waals surface area (Å²) in [5.74, 6) is 0.584. The predicted octanol–water partition coefficient (Wildman–Crippen LogP) is 3.77. The number of carbonyl (C=O) groups is 1. The number of nitrogens with two attached hydrogens (primary N) is 1. The number of likely N-dealkylation sites (tertiary alicyclic amines) is 1. The summed E-state index contributed by atoms with van der Waals surface area (Å²) in [6, 6.07) is 14.3. The number of hydrogen-bond acceptors (Lipinski definition) is 5. The van der Waals surface area contributed by atoms with E-state index < -0.39 is 0 Å². The fraction of sp³-hybridized carbons (Fsp3) is 0.250. The number of hydrogen-bond donors (Lipinski definition) is 2. The van der Waals surface area contributed by atoms with Crippen LogP contribution >= 0.6 is 0 Å². The normalized spacial score (nSPS) is 14.6. The highest BCUT2D eigenvalue weighted by molar-refractivity contribution is 5.79. The van der Waals surface area contributed by atoms with Crippen molar-refractivity contribution in [3.8, 4) is 33.6 Å². The molecule has 0 unspecified atom stereocenters. The highest BCUT2D eigenvalue weighted by Crippen LogP contribution is 2.31. The molecule has 0 radical (unpaired) electrons. The van der Waals surface area contributed by atoms with E-state index in [0.717, 1.165) is 59.6 Å². The van der Waals surface area contributed by atoms with Crippen molar-refractivity contribution >= 4 is 11.7 Å². The Balaban J connectivity index is 1.38. The van der Waals surface area contributed by atoms with Gasteiger partial charge in [-0.15, -0.1) is 0 Å². The molecule has 0 aliphatic carbocycles. The fourth-order valence-corrected chi connectivity index (χ4v) is 4.20. The van der Waals surface area contributed by atoms with Crippen LogP contribution in [0.5, 0.6) is 0 Å². The van der Waals surface area contributed by atoms with E-state index in [2.05, 4.69) is 20.3 Å². The monoisotopic (exact) mass is 427 g/mol. The van der Waals surface area contributed by atoms with Gasteiger partial charge in [0.1, 0.15) is 5.82 Å². The van der Waals surface area contributed by atoms with Crippen LogP contribution in [0.4, 0.5) is 5.82 Å². The molecule has 0 bridgehead atoms. The first-order valence-electron chi connectivity index (χ1n) is 10.8. The van der Waals surface area contributed by atoms with Gasteiger partial charge in [-0.1, -0.05) is 30.3 Å². The van der Waals surface area contributed by atoms with Crippen molar-refractivity contribution in [2.24, 2.45) is 0 Å². The molecular formula is C24H25N7O. The molecule has 1 aliphatic heterocycles. The highest BCUT2D eigenvalue weighted by atomic mass is 16.2. The lowest BCUT2D eigenvalue weighted by molar-refractivity contribution is -0.130. The smallest absolute Gasteiger partial charge is 0.219 e. The van der Waals surface area contributed by atoms with Crippen molar-refractivity contribution in [2.45, 2.75) is 25.8 Å². The summed E-state index contributed by atoms with van der Waals surface area (Å²) in [7, 11) is 0. The topological polar surface area (TPSA) is 106 Å². The third-order valence-electron chi connectivity index (χ3n) is 6.07. The zero-order valence-electron chi connectivity index (χ0n) is 17.9. The number of aromatic amines is 1. The molecular weight excluding hydrogens is 402 g/mol. The minimum atomic E-state index is 0.138. The van der Waals surface area contributed by atoms with Crippen molar-refractivity contribution in [2.75, 3.05) is 18.8 Å². The Morgan fingerprint density at radius 3 is 2.59 bits per heavy atom. The standard InChI is InChI=1S/C24H25N7O/c1-16(32)30-9-7-20(8-10-30)31-15-19(14-27-31)18-11-21(24(25)26-13-18)23-12-22(28-29-23)17-5-3-2-4-6-17/h2-6,11-15,20H,7-10H2,1H3,(H2,25,26)(H,28,29). The van der Waals surface area contributed by atoms with Crippen molar-refractivity contribution in [3.63, 3.8) is 0 Å². The molecule has 1 fully saturated rings. The van der Waals surface area contributed by atoms with E-state index in [-0.39, 0.29) is 5.91 Å². The Morgan fingerprint density at radius 2 is 1.84 bits per heavy atom. The zero-order valence-corrected chi connectivity index (χ0v) is 17.9. The minimum Gasteiger partial charge on any atom is -0.383 e. The van der Waals surface area contributed by atoms with Crippen LogP contribution in [0.2, 0.25) is 0 Å². The largest absolute Gasteiger partial charge is 0.383 e. The van der Waals surface area contributed by atoms with Crippen LogP contribution in [0, 0.1) is 0 Å². The molecule has 5 rings (SSSR count). The number of nitrogens with zero attached hydrogens (tertiary/aromatic N) is 5. The molecule has 0 atom stereocenters. The molecule has 8 nitrogen and oxygen atoms in total. The maximum absolute atomic E-state index is 11.6. The van der Waals surface area contributed by atoms with E-state index in [0.29, 0.717) is 11.9 Å². The van der Waals surface area contributed by atoms with Crippen LogP contribution in [-0.4, -0.2) is 48.9 Å². The molecule has 4 heterocycles. The molecule has 0 spiro atoms. The second-order valence-corrected chi connectivity index (χ2v) is 8.14. The lowest BCUT2D eigenvalue weighted by Crippen LogP contribution is -2.37. The number of pyridine rings is 1. The lowest BCUT2D eigenvalue weighted by Gasteiger charge is -2.31. The van der Waals surface area contributed by atoms with Crippen LogP contribution in [0.3, 0.4) is 0 Å². The van der Waals surface area contributed by atoms with E-state index in [9.17, 15) is 4.79 Å². The zero-order chi connectivity index (χ0) is 22.1. The lowest BCUT2D eigenvalue weighted by atomic mass is 10.0. The van der Waals surface area contributed by atoms with E-state index in [1.165, 1.54) is 0 Å². The number of anilines is 1. The first kappa shape index (κ1) is 20.0. The Hall–Kier alpha value is -3.94. The number of rotatable bonds is 4. The van der Waals surface area contributed by atoms with Crippen LogP contribution in [0.15, 0.2) is 61.1 Å². The van der Waals surface area contributed by atoms with Gasteiger partial charge in [0.05, 0.1) is 23.6 Å². The third kappa shape index (κ3) is 3.87. The van der Waals surface area contributed by atoms with Gasteiger partial charge in [0.25, 0.3) is 0 Å². The Kier molecular flexibility index (Phi) is 5.18. The fourth-order valence-electron chi connectivity index (χ4n) is 4.20. The van der Waals surface area contributed by atoms with Crippen molar-refractivity contribution < 1.29 is 4.79 Å². The molecule has 162 valence electrons. The Morgan fingerprint density at radius 1 is 1.06 bits per heavy atom. The number of carbonyl (C=O) groups excluding carboxylic acids is 1. The maximum Gasteiger partial charge on any atom is 0.219 e. The summed E-state index contributed by atoms with van der Waals surface area (Å²) in [6.07, 6.45) is 7.49. The van der Waals surface area contributed by atoms with Crippen molar-refractivity contribution in [1.82, 2.24) is 29.9 Å². The number of nitrogens with one attached hydrogen (secondary N) is 1. The molecule has 0 saturated carbocycles. The second kappa shape index (κ2) is 8.30. The van der Waals surface area contributed by atoms with Crippen molar-refractivity contribution in [1.29, 1.82) is 0 Å². The van der Waals surface area contributed by atoms with Crippen LogP contribution in [0.25, 0.3) is 33.6 Å². The number of nitrogen functional groups attached to an aromatic ring is 1. The number of benzene rings is 1. The molecule has 8 heteroatoms. The Bertz CT molecular complexity index is 1240. The van der Waals surface area contributed by atoms with Gasteiger partial charge in [0.2, 0.25) is 5.91 Å². The summed E-state index contributed by atoms with van der Waals surface area (Å²) in [6.45, 7) is 3.17. The Labute approximate surface area is 186 Å². The molecule has 1 amide bonds. The maximum atomic E-state index is 11.6.